The molecule has 0 aromatic heterocycles. The van der Waals surface area contributed by atoms with Crippen molar-refractivity contribution in [2.75, 3.05) is 18.7 Å². The number of carbonyl (C=O) groups is 3. The summed E-state index contributed by atoms with van der Waals surface area (Å²) >= 11 is 13.0. The number of nitrogens with one attached hydrogen (secondary N) is 1. The number of hydrogen-bond donors (Lipinski definition) is 3. The third kappa shape index (κ3) is 6.84. The molecule has 1 saturated carbocycles. The Kier molecular flexibility index (Phi) is 11.1. The minimum atomic E-state index is -1.62. The summed E-state index contributed by atoms with van der Waals surface area (Å²) in [6.07, 6.45) is 0.334. The molecule has 52 heavy (non-hydrogen) atoms. The van der Waals surface area contributed by atoms with E-state index in [2.05, 4.69) is 12.2 Å². The van der Waals surface area contributed by atoms with Gasteiger partial charge in [0.05, 0.1) is 10.7 Å². The third-order valence-electron chi connectivity index (χ3n) is 11.7. The number of rotatable bonds is 9. The summed E-state index contributed by atoms with van der Waals surface area (Å²) in [5.41, 5.74) is -0.693. The van der Waals surface area contributed by atoms with Crippen LogP contribution in [-0.4, -0.2) is 76.6 Å². The molecule has 0 bridgehead atoms. The lowest BCUT2D eigenvalue weighted by molar-refractivity contribution is -0.225. The highest BCUT2D eigenvalue weighted by Crippen LogP contribution is 2.53. The van der Waals surface area contributed by atoms with Gasteiger partial charge >= 0.3 is 11.9 Å². The van der Waals surface area contributed by atoms with Gasteiger partial charge in [-0.3, -0.25) is 29.6 Å². The molecular formula is C39H49Cl2N3O8. The van der Waals surface area contributed by atoms with Crippen molar-refractivity contribution in [3.05, 3.63) is 75.3 Å². The predicted octanol–water partition coefficient (Wildman–Crippen LogP) is 5.52. The zero-order valence-electron chi connectivity index (χ0n) is 30.5. The molecule has 6 rings (SSSR count). The highest BCUT2D eigenvalue weighted by atomic mass is 35.5. The lowest BCUT2D eigenvalue weighted by Crippen LogP contribution is -2.66. The third-order valence-corrected chi connectivity index (χ3v) is 12.4. The molecule has 2 aromatic carbocycles. The Hall–Kier alpha value is -3.19. The Morgan fingerprint density at radius 1 is 1.10 bits per heavy atom. The molecule has 1 unspecified atom stereocenters. The van der Waals surface area contributed by atoms with Gasteiger partial charge in [0.1, 0.15) is 17.2 Å². The summed E-state index contributed by atoms with van der Waals surface area (Å²) in [6, 6.07) is 11.6. The van der Waals surface area contributed by atoms with Crippen LogP contribution >= 0.6 is 23.2 Å². The second kappa shape index (κ2) is 14.9. The molecule has 2 aromatic rings. The Balaban J connectivity index is 1.28. The van der Waals surface area contributed by atoms with Crippen LogP contribution in [0.2, 0.25) is 10.0 Å². The monoisotopic (exact) mass is 757 g/mol. The molecule has 10 atom stereocenters. The van der Waals surface area contributed by atoms with Crippen molar-refractivity contribution >= 4 is 46.7 Å². The van der Waals surface area contributed by atoms with Crippen molar-refractivity contribution in [3.63, 3.8) is 0 Å². The molecule has 11 nitrogen and oxygen atoms in total. The van der Waals surface area contributed by atoms with Crippen LogP contribution in [0.4, 0.5) is 5.69 Å². The number of nitrogens with zero attached hydrogens (tertiary/aromatic N) is 2. The number of fused-ring (bicyclic) bond motifs is 4. The number of hydroxylamine groups is 1. The first-order valence-corrected chi connectivity index (χ1v) is 18.8. The average Bonchev–Trinajstić information content (AvgIpc) is 3.45. The number of anilines is 1. The van der Waals surface area contributed by atoms with Gasteiger partial charge in [-0.1, -0.05) is 80.4 Å². The minimum absolute atomic E-state index is 0.00495. The molecule has 0 radical (unpaired) electrons. The molecule has 13 heteroatoms. The van der Waals surface area contributed by atoms with Gasteiger partial charge in [0, 0.05) is 56.4 Å². The maximum Gasteiger partial charge on any atom is 0.323 e. The fourth-order valence-electron chi connectivity index (χ4n) is 8.95. The summed E-state index contributed by atoms with van der Waals surface area (Å²) in [5.74, 6) is -2.30. The lowest BCUT2D eigenvalue weighted by Gasteiger charge is -2.56. The molecule has 1 saturated heterocycles. The van der Waals surface area contributed by atoms with Crippen molar-refractivity contribution in [1.82, 2.24) is 10.2 Å². The molecule has 2 aliphatic heterocycles. The molecule has 1 amide bonds. The van der Waals surface area contributed by atoms with Crippen LogP contribution in [0, 0.1) is 23.7 Å². The number of carbonyl (C=O) groups excluding carboxylic acids is 3. The van der Waals surface area contributed by atoms with Crippen LogP contribution in [0.25, 0.3) is 0 Å². The van der Waals surface area contributed by atoms with E-state index in [4.69, 9.17) is 37.5 Å². The maximum atomic E-state index is 14.2. The first-order valence-electron chi connectivity index (χ1n) is 18.1. The topological polar surface area (TPSA) is 138 Å². The van der Waals surface area contributed by atoms with Crippen molar-refractivity contribution < 1.29 is 38.9 Å². The van der Waals surface area contributed by atoms with Crippen LogP contribution < -0.4 is 10.4 Å². The number of esters is 2. The summed E-state index contributed by atoms with van der Waals surface area (Å²) in [4.78, 5) is 47.6. The zero-order chi connectivity index (χ0) is 37.7. The highest BCUT2D eigenvalue weighted by Gasteiger charge is 2.62. The fourth-order valence-corrected chi connectivity index (χ4v) is 9.44. The largest absolute Gasteiger partial charge is 0.454 e. The van der Waals surface area contributed by atoms with Crippen LogP contribution in [0.15, 0.2) is 54.1 Å². The molecule has 2 aliphatic carbocycles. The van der Waals surface area contributed by atoms with Gasteiger partial charge in [-0.2, -0.15) is 0 Å². The number of amides is 1. The number of ether oxygens (including phenoxy) is 2. The number of aliphatic hydroxyl groups is 2. The second-order valence-electron chi connectivity index (χ2n) is 15.0. The SMILES string of the molecule is CCC(=O)N(Cc1ccccc1Cl)CC(C)[C@@H]1CC[C@@H](C)[C@@]2(O)[C@@H]1C=C(C)[C@@H](OC(C)=O)[C@@H]2OC(=O)[C@@H]1C[C@@]2(O)c3cccc(Cl)c3N(C)O[C@H]2N1. The second-order valence-corrected chi connectivity index (χ2v) is 15.8. The standard InChI is InChI=1S/C39H49Cl2N3O8/c1-7-32(46)44(20-25-11-8-9-13-29(25)40)19-22(3)26-16-15-23(4)39(49)28(26)17-21(2)34(50-24(5)45)35(39)51-36(47)31-18-38(48)27-12-10-14-30(41)33(27)43(6)52-37(38)42-31/h8-14,17,22-23,26,28,31,34-35,37,42,48-49H,7,15-16,18-20H2,1-6H3/t22?,23-,26+,28-,31+,34-,35+,37-,38-,39-/m1/s1. The van der Waals surface area contributed by atoms with Crippen LogP contribution in [0.3, 0.4) is 0 Å². The highest BCUT2D eigenvalue weighted by molar-refractivity contribution is 6.33. The Morgan fingerprint density at radius 3 is 2.50 bits per heavy atom. The Labute approximate surface area is 315 Å². The number of hydrogen-bond acceptors (Lipinski definition) is 10. The van der Waals surface area contributed by atoms with E-state index in [1.807, 2.05) is 56.0 Å². The van der Waals surface area contributed by atoms with E-state index in [-0.39, 0.29) is 30.1 Å². The number of benzene rings is 2. The van der Waals surface area contributed by atoms with Gasteiger partial charge in [-0.25, -0.2) is 0 Å². The Morgan fingerprint density at radius 2 is 1.81 bits per heavy atom. The Bertz CT molecular complexity index is 1740. The molecule has 4 aliphatic rings. The van der Waals surface area contributed by atoms with E-state index in [1.54, 1.807) is 25.2 Å². The quantitative estimate of drug-likeness (QED) is 0.222. The number of halogens is 2. The normalized spacial score (nSPS) is 32.8. The fraction of sp³-hybridized carbons (Fsp3) is 0.564. The van der Waals surface area contributed by atoms with E-state index >= 15 is 0 Å². The molecular weight excluding hydrogens is 709 g/mol. The van der Waals surface area contributed by atoms with E-state index in [9.17, 15) is 24.6 Å². The molecule has 2 heterocycles. The van der Waals surface area contributed by atoms with E-state index in [0.29, 0.717) is 52.8 Å². The van der Waals surface area contributed by atoms with Gasteiger partial charge < -0.3 is 24.6 Å². The van der Waals surface area contributed by atoms with Crippen molar-refractivity contribution in [2.24, 2.45) is 23.7 Å². The maximum absolute atomic E-state index is 14.2. The molecule has 0 spiro atoms. The van der Waals surface area contributed by atoms with E-state index < -0.39 is 53.5 Å². The summed E-state index contributed by atoms with van der Waals surface area (Å²) < 4.78 is 12.1. The first kappa shape index (κ1) is 38.5. The van der Waals surface area contributed by atoms with Crippen molar-refractivity contribution in [3.8, 4) is 0 Å². The van der Waals surface area contributed by atoms with Gasteiger partial charge in [-0.05, 0) is 60.8 Å². The van der Waals surface area contributed by atoms with E-state index in [1.165, 1.54) is 12.0 Å². The molecule has 282 valence electrons. The first-order chi connectivity index (χ1) is 24.6. The van der Waals surface area contributed by atoms with Crippen molar-refractivity contribution in [1.29, 1.82) is 0 Å². The number of para-hydroxylation sites is 1. The zero-order valence-corrected chi connectivity index (χ0v) is 32.0. The van der Waals surface area contributed by atoms with Crippen LogP contribution in [0.1, 0.15) is 71.4 Å². The van der Waals surface area contributed by atoms with Gasteiger partial charge in [0.25, 0.3) is 0 Å². The predicted molar refractivity (Wildman–Crippen MR) is 196 cm³/mol. The van der Waals surface area contributed by atoms with E-state index in [0.717, 1.165) is 12.0 Å². The van der Waals surface area contributed by atoms with Crippen molar-refractivity contribution in [2.45, 2.75) is 103 Å². The van der Waals surface area contributed by atoms with Gasteiger partial charge in [-0.15, -0.1) is 0 Å². The smallest absolute Gasteiger partial charge is 0.323 e. The summed E-state index contributed by atoms with van der Waals surface area (Å²) in [7, 11) is 1.67. The van der Waals surface area contributed by atoms with Crippen LogP contribution in [0.5, 0.6) is 0 Å². The molecule has 3 N–H and O–H groups in total. The summed E-state index contributed by atoms with van der Waals surface area (Å²) in [6.45, 7) is 9.72. The van der Waals surface area contributed by atoms with Gasteiger partial charge in [0.15, 0.2) is 18.4 Å². The average molecular weight is 759 g/mol. The summed E-state index contributed by atoms with van der Waals surface area (Å²) in [5, 5.41) is 30.4. The van der Waals surface area contributed by atoms with Crippen LogP contribution in [-0.2, 0) is 40.8 Å². The van der Waals surface area contributed by atoms with Gasteiger partial charge in [0.2, 0.25) is 5.91 Å². The lowest BCUT2D eigenvalue weighted by atomic mass is 9.55. The minimum Gasteiger partial charge on any atom is -0.454 e. The molecule has 2 fully saturated rings.